The van der Waals surface area contributed by atoms with E-state index in [0.717, 1.165) is 24.7 Å². The first-order valence-electron chi connectivity index (χ1n) is 7.65. The van der Waals surface area contributed by atoms with Crippen molar-refractivity contribution in [2.75, 3.05) is 11.9 Å². The van der Waals surface area contributed by atoms with Crippen LogP contribution in [0.25, 0.3) is 0 Å². The molecule has 0 bridgehead atoms. The number of hydrogen-bond acceptors (Lipinski definition) is 1. The molecule has 0 aromatic carbocycles. The maximum atomic E-state index is 12.2. The van der Waals surface area contributed by atoms with Gasteiger partial charge in [0.2, 0.25) is 5.91 Å². The van der Waals surface area contributed by atoms with Crippen molar-refractivity contribution in [3.63, 3.8) is 0 Å². The van der Waals surface area contributed by atoms with Crippen LogP contribution in [0.3, 0.4) is 0 Å². The predicted octanol–water partition coefficient (Wildman–Crippen LogP) is 4.51. The van der Waals surface area contributed by atoms with Crippen molar-refractivity contribution in [3.05, 3.63) is 0 Å². The van der Waals surface area contributed by atoms with Crippen LogP contribution in [-0.4, -0.2) is 28.7 Å². The van der Waals surface area contributed by atoms with Crippen LogP contribution in [0.2, 0.25) is 0 Å². The van der Waals surface area contributed by atoms with E-state index in [1.165, 1.54) is 51.4 Å². The van der Waals surface area contributed by atoms with Crippen molar-refractivity contribution in [1.82, 2.24) is 4.90 Å². The van der Waals surface area contributed by atoms with Gasteiger partial charge in [-0.25, -0.2) is 0 Å². The molecule has 106 valence electrons. The van der Waals surface area contributed by atoms with Gasteiger partial charge in [-0.2, -0.15) is 0 Å². The summed E-state index contributed by atoms with van der Waals surface area (Å²) >= 11 is 3.46. The van der Waals surface area contributed by atoms with Gasteiger partial charge in [0.05, 0.1) is 0 Å². The van der Waals surface area contributed by atoms with Gasteiger partial charge < -0.3 is 4.90 Å². The zero-order valence-electron chi connectivity index (χ0n) is 11.8. The van der Waals surface area contributed by atoms with Crippen LogP contribution in [0.1, 0.15) is 71.1 Å². The average Bonchev–Trinajstić information content (AvgIpc) is 2.30. The van der Waals surface area contributed by atoms with Crippen molar-refractivity contribution in [1.29, 1.82) is 0 Å². The van der Waals surface area contributed by atoms with Gasteiger partial charge in [-0.3, -0.25) is 4.79 Å². The Kier molecular flexibility index (Phi) is 8.74. The highest BCUT2D eigenvalue weighted by Crippen LogP contribution is 2.25. The van der Waals surface area contributed by atoms with Gasteiger partial charge >= 0.3 is 0 Å². The molecule has 1 rings (SSSR count). The smallest absolute Gasteiger partial charge is 0.222 e. The summed E-state index contributed by atoms with van der Waals surface area (Å²) in [4.78, 5) is 14.3. The molecule has 1 aliphatic rings. The topological polar surface area (TPSA) is 20.3 Å². The molecular weight excluding hydrogens is 290 g/mol. The minimum Gasteiger partial charge on any atom is -0.339 e. The Morgan fingerprint density at radius 1 is 1.17 bits per heavy atom. The van der Waals surface area contributed by atoms with Crippen molar-refractivity contribution < 1.29 is 4.79 Å². The van der Waals surface area contributed by atoms with Gasteiger partial charge in [-0.05, 0) is 25.7 Å². The zero-order chi connectivity index (χ0) is 13.2. The van der Waals surface area contributed by atoms with Gasteiger partial charge in [0.15, 0.2) is 0 Å². The molecule has 0 saturated heterocycles. The first kappa shape index (κ1) is 16.0. The number of rotatable bonds is 10. The third-order valence-corrected chi connectivity index (χ3v) is 4.26. The normalized spacial score (nSPS) is 15.4. The molecule has 3 heteroatoms. The number of amides is 1. The summed E-state index contributed by atoms with van der Waals surface area (Å²) in [6, 6.07) is 0.551. The molecule has 1 saturated carbocycles. The van der Waals surface area contributed by atoms with E-state index in [2.05, 4.69) is 27.8 Å². The number of alkyl halides is 1. The third-order valence-electron chi connectivity index (χ3n) is 3.91. The lowest BCUT2D eigenvalue weighted by atomic mass is 9.91. The molecule has 0 aromatic rings. The first-order chi connectivity index (χ1) is 8.79. The molecule has 1 amide bonds. The second kappa shape index (κ2) is 9.82. The van der Waals surface area contributed by atoms with Crippen LogP contribution in [0.5, 0.6) is 0 Å². The Bertz CT molecular complexity index is 229. The highest BCUT2D eigenvalue weighted by atomic mass is 79.9. The summed E-state index contributed by atoms with van der Waals surface area (Å²) in [5, 5.41) is 0.908. The largest absolute Gasteiger partial charge is 0.339 e. The second-order valence-electron chi connectivity index (χ2n) is 5.38. The van der Waals surface area contributed by atoms with E-state index in [0.29, 0.717) is 11.9 Å². The van der Waals surface area contributed by atoms with Crippen LogP contribution < -0.4 is 0 Å². The quantitative estimate of drug-likeness (QED) is 0.428. The molecule has 18 heavy (non-hydrogen) atoms. The molecule has 0 unspecified atom stereocenters. The molecular formula is C15H28BrNO. The van der Waals surface area contributed by atoms with E-state index in [4.69, 9.17) is 0 Å². The van der Waals surface area contributed by atoms with Crippen LogP contribution in [0.4, 0.5) is 0 Å². The average molecular weight is 318 g/mol. The van der Waals surface area contributed by atoms with E-state index in [1.807, 2.05) is 0 Å². The summed E-state index contributed by atoms with van der Waals surface area (Å²) in [5.41, 5.74) is 0. The fourth-order valence-electron chi connectivity index (χ4n) is 2.50. The highest BCUT2D eigenvalue weighted by Gasteiger charge is 2.27. The molecule has 0 atom stereocenters. The van der Waals surface area contributed by atoms with E-state index < -0.39 is 0 Å². The van der Waals surface area contributed by atoms with E-state index >= 15 is 0 Å². The maximum Gasteiger partial charge on any atom is 0.222 e. The maximum absolute atomic E-state index is 12.2. The Morgan fingerprint density at radius 3 is 2.39 bits per heavy atom. The van der Waals surface area contributed by atoms with Crippen LogP contribution in [0.15, 0.2) is 0 Å². The minimum absolute atomic E-state index is 0.384. The molecule has 2 nitrogen and oxygen atoms in total. The summed E-state index contributed by atoms with van der Waals surface area (Å²) < 4.78 is 0. The summed E-state index contributed by atoms with van der Waals surface area (Å²) in [5.74, 6) is 0.384. The molecule has 0 N–H and O–H groups in total. The molecule has 0 aliphatic heterocycles. The van der Waals surface area contributed by atoms with Gasteiger partial charge in [0.1, 0.15) is 0 Å². The second-order valence-corrected chi connectivity index (χ2v) is 6.17. The number of carbonyl (C=O) groups excluding carboxylic acids is 1. The van der Waals surface area contributed by atoms with Gasteiger partial charge in [-0.15, -0.1) is 0 Å². The van der Waals surface area contributed by atoms with Crippen molar-refractivity contribution >= 4 is 21.8 Å². The lowest BCUT2D eigenvalue weighted by molar-refractivity contribution is -0.135. The monoisotopic (exact) mass is 317 g/mol. The van der Waals surface area contributed by atoms with Crippen molar-refractivity contribution in [2.24, 2.45) is 0 Å². The van der Waals surface area contributed by atoms with Crippen LogP contribution in [0, 0.1) is 0 Å². The van der Waals surface area contributed by atoms with Gasteiger partial charge in [0.25, 0.3) is 0 Å². The number of halogens is 1. The highest BCUT2D eigenvalue weighted by molar-refractivity contribution is 9.09. The Balaban J connectivity index is 2.12. The van der Waals surface area contributed by atoms with E-state index in [-0.39, 0.29) is 0 Å². The van der Waals surface area contributed by atoms with Crippen molar-refractivity contribution in [2.45, 2.75) is 77.2 Å². The summed E-state index contributed by atoms with van der Waals surface area (Å²) in [6.07, 6.45) is 12.0. The van der Waals surface area contributed by atoms with E-state index in [1.54, 1.807) is 0 Å². The van der Waals surface area contributed by atoms with Crippen LogP contribution >= 0.6 is 15.9 Å². The molecule has 1 aliphatic carbocycles. The van der Waals surface area contributed by atoms with Gasteiger partial charge in [0, 0.05) is 24.3 Å². The van der Waals surface area contributed by atoms with Gasteiger partial charge in [-0.1, -0.05) is 55.0 Å². The molecule has 1 fully saturated rings. The standard InChI is InChI=1S/C15H28BrNO/c1-2-3-4-5-6-7-11-15(18)17(13-12-16)14-9-8-10-14/h14H,2-13H2,1H3. The SMILES string of the molecule is CCCCCCCCC(=O)N(CCBr)C1CCC1. The third kappa shape index (κ3) is 5.73. The molecule has 0 radical (unpaired) electrons. The molecule has 0 aromatic heterocycles. The molecule has 0 spiro atoms. The van der Waals surface area contributed by atoms with Crippen molar-refractivity contribution in [3.8, 4) is 0 Å². The molecule has 0 heterocycles. The summed E-state index contributed by atoms with van der Waals surface area (Å²) in [7, 11) is 0. The predicted molar refractivity (Wildman–Crippen MR) is 81.1 cm³/mol. The lowest BCUT2D eigenvalue weighted by Gasteiger charge is -2.37. The number of carbonyl (C=O) groups is 1. The first-order valence-corrected chi connectivity index (χ1v) is 8.77. The Labute approximate surface area is 121 Å². The van der Waals surface area contributed by atoms with E-state index in [9.17, 15) is 4.79 Å². The minimum atomic E-state index is 0.384. The van der Waals surface area contributed by atoms with Crippen LogP contribution in [-0.2, 0) is 4.79 Å². The number of unbranched alkanes of at least 4 members (excludes halogenated alkanes) is 5. The lowest BCUT2D eigenvalue weighted by Crippen LogP contribution is -2.45. The Morgan fingerprint density at radius 2 is 1.83 bits per heavy atom. The number of hydrogen-bond donors (Lipinski definition) is 0. The zero-order valence-corrected chi connectivity index (χ0v) is 13.4. The fraction of sp³-hybridized carbons (Fsp3) is 0.933. The summed E-state index contributed by atoms with van der Waals surface area (Å²) in [6.45, 7) is 3.12. The Hall–Kier alpha value is -0.0500. The number of nitrogens with zero attached hydrogens (tertiary/aromatic N) is 1. The fourth-order valence-corrected chi connectivity index (χ4v) is 2.88.